The maximum absolute atomic E-state index is 11.4. The number of primary amides is 1. The van der Waals surface area contributed by atoms with E-state index in [1.165, 1.54) is 11.7 Å². The van der Waals surface area contributed by atoms with Gasteiger partial charge in [0.2, 0.25) is 0 Å². The number of hydrogen-bond acceptors (Lipinski definition) is 3. The standard InChI is InChI=1S/C13H14IN5O2/c1-7-5-8(3-4-9(7)14)19-6-10(17-13(21)16-2)11(18-19)12(15)20/h3-6H,1-2H3,(H2,15,20)(H2,16,17,21). The van der Waals surface area contributed by atoms with E-state index in [9.17, 15) is 9.59 Å². The van der Waals surface area contributed by atoms with Gasteiger partial charge in [-0.25, -0.2) is 9.48 Å². The first-order valence-electron chi connectivity index (χ1n) is 6.07. The first kappa shape index (κ1) is 15.3. The van der Waals surface area contributed by atoms with Gasteiger partial charge in [0.25, 0.3) is 5.91 Å². The fraction of sp³-hybridized carbons (Fsp3) is 0.154. The smallest absolute Gasteiger partial charge is 0.319 e. The molecule has 0 aliphatic rings. The minimum Gasteiger partial charge on any atom is -0.364 e. The Morgan fingerprint density at radius 1 is 1.38 bits per heavy atom. The van der Waals surface area contributed by atoms with E-state index in [4.69, 9.17) is 5.73 Å². The fourth-order valence-electron chi connectivity index (χ4n) is 1.74. The monoisotopic (exact) mass is 399 g/mol. The van der Waals surface area contributed by atoms with Gasteiger partial charge in [-0.05, 0) is 53.3 Å². The highest BCUT2D eigenvalue weighted by atomic mass is 127. The predicted octanol–water partition coefficient (Wildman–Crippen LogP) is 1.64. The zero-order chi connectivity index (χ0) is 15.6. The Bertz CT molecular complexity index is 711. The van der Waals surface area contributed by atoms with Crippen LogP contribution in [-0.4, -0.2) is 28.8 Å². The quantitative estimate of drug-likeness (QED) is 0.684. The molecular formula is C13H14IN5O2. The molecular weight excluding hydrogens is 385 g/mol. The van der Waals surface area contributed by atoms with Crippen LogP contribution < -0.4 is 16.4 Å². The number of aryl methyl sites for hydroxylation is 1. The van der Waals surface area contributed by atoms with Gasteiger partial charge in [-0.2, -0.15) is 5.10 Å². The lowest BCUT2D eigenvalue weighted by Gasteiger charge is -2.04. The minimum absolute atomic E-state index is 0.00908. The summed E-state index contributed by atoms with van der Waals surface area (Å²) in [5, 5.41) is 9.06. The van der Waals surface area contributed by atoms with E-state index in [0.29, 0.717) is 0 Å². The van der Waals surface area contributed by atoms with Gasteiger partial charge in [-0.3, -0.25) is 4.79 Å². The van der Waals surface area contributed by atoms with Gasteiger partial charge in [0.05, 0.1) is 17.6 Å². The number of rotatable bonds is 3. The van der Waals surface area contributed by atoms with Crippen molar-refractivity contribution in [2.45, 2.75) is 6.92 Å². The van der Waals surface area contributed by atoms with Gasteiger partial charge in [-0.1, -0.05) is 0 Å². The molecule has 1 aromatic carbocycles. The lowest BCUT2D eigenvalue weighted by molar-refractivity contribution is 0.0996. The highest BCUT2D eigenvalue weighted by molar-refractivity contribution is 14.1. The molecule has 0 aliphatic carbocycles. The fourth-order valence-corrected chi connectivity index (χ4v) is 2.07. The first-order chi connectivity index (χ1) is 9.92. The summed E-state index contributed by atoms with van der Waals surface area (Å²) >= 11 is 2.23. The molecule has 21 heavy (non-hydrogen) atoms. The Morgan fingerprint density at radius 2 is 2.10 bits per heavy atom. The Balaban J connectivity index is 2.45. The summed E-state index contributed by atoms with van der Waals surface area (Å²) in [6.45, 7) is 1.98. The van der Waals surface area contributed by atoms with Crippen molar-refractivity contribution in [3.05, 3.63) is 39.2 Å². The molecule has 0 bridgehead atoms. The van der Waals surface area contributed by atoms with Gasteiger partial charge in [0.15, 0.2) is 5.69 Å². The van der Waals surface area contributed by atoms with Crippen molar-refractivity contribution in [3.8, 4) is 5.69 Å². The van der Waals surface area contributed by atoms with Gasteiger partial charge in [-0.15, -0.1) is 0 Å². The number of amides is 3. The van der Waals surface area contributed by atoms with Crippen molar-refractivity contribution in [1.82, 2.24) is 15.1 Å². The van der Waals surface area contributed by atoms with E-state index < -0.39 is 11.9 Å². The molecule has 0 saturated carbocycles. The van der Waals surface area contributed by atoms with Crippen LogP contribution >= 0.6 is 22.6 Å². The molecule has 0 fully saturated rings. The molecule has 1 aromatic heterocycles. The van der Waals surface area contributed by atoms with Crippen molar-refractivity contribution >= 4 is 40.2 Å². The Hall–Kier alpha value is -2.10. The number of nitrogens with two attached hydrogens (primary N) is 1. The molecule has 2 rings (SSSR count). The molecule has 3 amide bonds. The third-order valence-corrected chi connectivity index (χ3v) is 4.04. The molecule has 1 heterocycles. The summed E-state index contributed by atoms with van der Waals surface area (Å²) < 4.78 is 2.64. The van der Waals surface area contributed by atoms with Gasteiger partial charge in [0.1, 0.15) is 0 Å². The van der Waals surface area contributed by atoms with Crippen LogP contribution in [0.25, 0.3) is 5.69 Å². The SMILES string of the molecule is CNC(=O)Nc1cn(-c2ccc(I)c(C)c2)nc1C(N)=O. The third kappa shape index (κ3) is 3.32. The Kier molecular flexibility index (Phi) is 4.46. The number of anilines is 1. The van der Waals surface area contributed by atoms with Crippen molar-refractivity contribution in [2.75, 3.05) is 12.4 Å². The van der Waals surface area contributed by atoms with Crippen LogP contribution in [0.4, 0.5) is 10.5 Å². The molecule has 0 atom stereocenters. The molecule has 0 radical (unpaired) electrons. The minimum atomic E-state index is -0.706. The van der Waals surface area contributed by atoms with Gasteiger partial charge in [0, 0.05) is 10.6 Å². The van der Waals surface area contributed by atoms with Crippen LogP contribution in [0.5, 0.6) is 0 Å². The largest absolute Gasteiger partial charge is 0.364 e. The van der Waals surface area contributed by atoms with E-state index in [2.05, 4.69) is 38.3 Å². The molecule has 0 spiro atoms. The summed E-state index contributed by atoms with van der Waals surface area (Å²) in [5.41, 5.74) is 7.43. The summed E-state index contributed by atoms with van der Waals surface area (Å²) in [5.74, 6) is -0.706. The van der Waals surface area contributed by atoms with E-state index in [-0.39, 0.29) is 11.4 Å². The van der Waals surface area contributed by atoms with Crippen molar-refractivity contribution in [1.29, 1.82) is 0 Å². The molecule has 0 aliphatic heterocycles. The zero-order valence-electron chi connectivity index (χ0n) is 11.5. The maximum Gasteiger partial charge on any atom is 0.319 e. The molecule has 4 N–H and O–H groups in total. The molecule has 110 valence electrons. The number of hydrogen-bond donors (Lipinski definition) is 3. The van der Waals surface area contributed by atoms with Gasteiger partial charge >= 0.3 is 6.03 Å². The maximum atomic E-state index is 11.4. The van der Waals surface area contributed by atoms with Crippen molar-refractivity contribution in [3.63, 3.8) is 0 Å². The van der Waals surface area contributed by atoms with Crippen molar-refractivity contribution in [2.24, 2.45) is 5.73 Å². The number of urea groups is 1. The number of nitrogens with one attached hydrogen (secondary N) is 2. The highest BCUT2D eigenvalue weighted by Crippen LogP contribution is 2.20. The Labute approximate surface area is 135 Å². The van der Waals surface area contributed by atoms with Crippen LogP contribution in [0.15, 0.2) is 24.4 Å². The van der Waals surface area contributed by atoms with E-state index >= 15 is 0 Å². The summed E-state index contributed by atoms with van der Waals surface area (Å²) in [6.07, 6.45) is 1.55. The average molecular weight is 399 g/mol. The lowest BCUT2D eigenvalue weighted by atomic mass is 10.2. The number of carbonyl (C=O) groups is 2. The lowest BCUT2D eigenvalue weighted by Crippen LogP contribution is -2.26. The highest BCUT2D eigenvalue weighted by Gasteiger charge is 2.16. The van der Waals surface area contributed by atoms with Gasteiger partial charge < -0.3 is 16.4 Å². The van der Waals surface area contributed by atoms with Crippen LogP contribution in [-0.2, 0) is 0 Å². The number of benzene rings is 1. The summed E-state index contributed by atoms with van der Waals surface area (Å²) in [6, 6.07) is 5.30. The van der Waals surface area contributed by atoms with E-state index in [0.717, 1.165) is 14.8 Å². The first-order valence-corrected chi connectivity index (χ1v) is 7.15. The van der Waals surface area contributed by atoms with Crippen LogP contribution in [0.1, 0.15) is 16.1 Å². The molecule has 0 saturated heterocycles. The third-order valence-electron chi connectivity index (χ3n) is 2.83. The molecule has 7 nitrogen and oxygen atoms in total. The van der Waals surface area contributed by atoms with Crippen LogP contribution in [0.3, 0.4) is 0 Å². The number of nitrogens with zero attached hydrogens (tertiary/aromatic N) is 2. The second-order valence-corrected chi connectivity index (χ2v) is 5.50. The Morgan fingerprint density at radius 3 is 2.67 bits per heavy atom. The van der Waals surface area contributed by atoms with Crippen LogP contribution in [0.2, 0.25) is 0 Å². The normalized spacial score (nSPS) is 10.2. The summed E-state index contributed by atoms with van der Waals surface area (Å²) in [4.78, 5) is 22.8. The van der Waals surface area contributed by atoms with Crippen molar-refractivity contribution < 1.29 is 9.59 Å². The summed E-state index contributed by atoms with van der Waals surface area (Å²) in [7, 11) is 1.48. The molecule has 0 unspecified atom stereocenters. The van der Waals surface area contributed by atoms with Crippen LogP contribution in [0, 0.1) is 10.5 Å². The molecule has 8 heteroatoms. The second kappa shape index (κ2) is 6.12. The number of halogens is 1. The zero-order valence-corrected chi connectivity index (χ0v) is 13.6. The van der Waals surface area contributed by atoms with E-state index in [1.54, 1.807) is 6.20 Å². The van der Waals surface area contributed by atoms with E-state index in [1.807, 2.05) is 25.1 Å². The predicted molar refractivity (Wildman–Crippen MR) is 87.6 cm³/mol. The number of aromatic nitrogens is 2. The molecule has 2 aromatic rings. The topological polar surface area (TPSA) is 102 Å². The average Bonchev–Trinajstić information content (AvgIpc) is 2.85. The number of carbonyl (C=O) groups excluding carboxylic acids is 2. The second-order valence-electron chi connectivity index (χ2n) is 4.34.